The van der Waals surface area contributed by atoms with Crippen LogP contribution in [0, 0.1) is 13.8 Å². The molecule has 0 saturated carbocycles. The van der Waals surface area contributed by atoms with E-state index in [1.54, 1.807) is 4.68 Å². The van der Waals surface area contributed by atoms with Crippen molar-refractivity contribution in [2.24, 2.45) is 0 Å². The van der Waals surface area contributed by atoms with Crippen molar-refractivity contribution < 1.29 is 14.5 Å². The second-order valence-corrected chi connectivity index (χ2v) is 6.17. The maximum Gasteiger partial charge on any atom is 0.280 e. The fraction of sp³-hybridized carbons (Fsp3) is 0.353. The van der Waals surface area contributed by atoms with E-state index in [0.29, 0.717) is 18.9 Å². The molecule has 0 spiro atoms. The van der Waals surface area contributed by atoms with Gasteiger partial charge in [0.15, 0.2) is 13.1 Å². The molecule has 1 saturated heterocycles. The lowest BCUT2D eigenvalue weighted by molar-refractivity contribution is -0.885. The summed E-state index contributed by atoms with van der Waals surface area (Å²) >= 11 is 0. The second kappa shape index (κ2) is 6.84. The molecule has 1 aliphatic heterocycles. The standard InChI is InChI=1S/C17H21N5O2/c1-12-3-5-14(6-4-12)22-15(9-13(2)20-22)19-17(24)11-21-8-7-18-16(23)10-21/h3-6,9H,7-8,10-11H2,1-2H3,(H,18,23)(H,19,24)/p+1. The van der Waals surface area contributed by atoms with Crippen LogP contribution in [0.4, 0.5) is 5.82 Å². The summed E-state index contributed by atoms with van der Waals surface area (Å²) in [7, 11) is 0. The minimum atomic E-state index is -0.118. The highest BCUT2D eigenvalue weighted by Gasteiger charge is 2.22. The van der Waals surface area contributed by atoms with Crippen LogP contribution in [-0.2, 0) is 9.59 Å². The highest BCUT2D eigenvalue weighted by Crippen LogP contribution is 2.17. The first-order chi connectivity index (χ1) is 11.5. The lowest BCUT2D eigenvalue weighted by atomic mass is 10.2. The molecule has 0 aliphatic carbocycles. The van der Waals surface area contributed by atoms with Gasteiger partial charge in [-0.15, -0.1) is 0 Å². The number of benzene rings is 1. The number of amides is 2. The maximum absolute atomic E-state index is 12.3. The number of piperazine rings is 1. The van der Waals surface area contributed by atoms with Gasteiger partial charge in [-0.2, -0.15) is 5.10 Å². The van der Waals surface area contributed by atoms with Crippen LogP contribution in [0.3, 0.4) is 0 Å². The van der Waals surface area contributed by atoms with Gasteiger partial charge in [0.25, 0.3) is 11.8 Å². The quantitative estimate of drug-likeness (QED) is 0.704. The van der Waals surface area contributed by atoms with Gasteiger partial charge in [-0.05, 0) is 26.0 Å². The van der Waals surface area contributed by atoms with E-state index in [0.717, 1.165) is 22.8 Å². The van der Waals surface area contributed by atoms with Crippen LogP contribution < -0.4 is 15.5 Å². The van der Waals surface area contributed by atoms with Gasteiger partial charge in [0.05, 0.1) is 24.5 Å². The molecule has 2 heterocycles. The number of anilines is 1. The summed E-state index contributed by atoms with van der Waals surface area (Å²) in [6.07, 6.45) is 0. The highest BCUT2D eigenvalue weighted by atomic mass is 16.2. The first-order valence-corrected chi connectivity index (χ1v) is 8.05. The summed E-state index contributed by atoms with van der Waals surface area (Å²) in [5.41, 5.74) is 2.89. The summed E-state index contributed by atoms with van der Waals surface area (Å²) in [6, 6.07) is 9.80. The average Bonchev–Trinajstić information content (AvgIpc) is 2.88. The van der Waals surface area contributed by atoms with E-state index < -0.39 is 0 Å². The Labute approximate surface area is 140 Å². The zero-order valence-corrected chi connectivity index (χ0v) is 13.9. The lowest BCUT2D eigenvalue weighted by Gasteiger charge is -2.22. The Morgan fingerprint density at radius 3 is 2.79 bits per heavy atom. The Kier molecular flexibility index (Phi) is 4.61. The van der Waals surface area contributed by atoms with Crippen LogP contribution in [0.1, 0.15) is 11.3 Å². The molecule has 2 aromatic rings. The number of hydrogen-bond acceptors (Lipinski definition) is 3. The zero-order chi connectivity index (χ0) is 17.1. The highest BCUT2D eigenvalue weighted by molar-refractivity contribution is 5.91. The molecule has 1 aromatic heterocycles. The molecule has 3 rings (SSSR count). The predicted octanol–water partition coefficient (Wildman–Crippen LogP) is -0.558. The van der Waals surface area contributed by atoms with Gasteiger partial charge in [0.2, 0.25) is 0 Å². The first kappa shape index (κ1) is 16.2. The molecule has 7 heteroatoms. The van der Waals surface area contributed by atoms with Crippen LogP contribution in [0.5, 0.6) is 0 Å². The Morgan fingerprint density at radius 2 is 2.08 bits per heavy atom. The summed E-state index contributed by atoms with van der Waals surface area (Å²) in [6.45, 7) is 5.89. The summed E-state index contributed by atoms with van der Waals surface area (Å²) in [4.78, 5) is 24.7. The lowest BCUT2D eigenvalue weighted by Crippen LogP contribution is -3.16. The van der Waals surface area contributed by atoms with Gasteiger partial charge in [-0.1, -0.05) is 17.7 Å². The van der Waals surface area contributed by atoms with Gasteiger partial charge in [-0.25, -0.2) is 4.68 Å². The third-order valence-electron chi connectivity index (χ3n) is 4.00. The first-order valence-electron chi connectivity index (χ1n) is 8.05. The number of aryl methyl sites for hydroxylation is 2. The Morgan fingerprint density at radius 1 is 1.33 bits per heavy atom. The van der Waals surface area contributed by atoms with Gasteiger partial charge >= 0.3 is 0 Å². The number of hydrogen-bond donors (Lipinski definition) is 3. The van der Waals surface area contributed by atoms with Gasteiger partial charge in [0.1, 0.15) is 5.82 Å². The maximum atomic E-state index is 12.3. The number of carbonyl (C=O) groups is 2. The van der Waals surface area contributed by atoms with Crippen molar-refractivity contribution in [3.8, 4) is 5.69 Å². The Bertz CT molecular complexity index is 751. The van der Waals surface area contributed by atoms with Crippen molar-refractivity contribution in [1.29, 1.82) is 0 Å². The van der Waals surface area contributed by atoms with E-state index in [1.165, 1.54) is 5.56 Å². The van der Waals surface area contributed by atoms with Crippen molar-refractivity contribution in [3.63, 3.8) is 0 Å². The number of carbonyl (C=O) groups excluding carboxylic acids is 2. The van der Waals surface area contributed by atoms with Crippen LogP contribution in [0.15, 0.2) is 30.3 Å². The molecule has 2 amide bonds. The fourth-order valence-electron chi connectivity index (χ4n) is 2.79. The summed E-state index contributed by atoms with van der Waals surface area (Å²) < 4.78 is 1.73. The van der Waals surface area contributed by atoms with Crippen molar-refractivity contribution in [1.82, 2.24) is 15.1 Å². The van der Waals surface area contributed by atoms with Crippen molar-refractivity contribution in [2.45, 2.75) is 13.8 Å². The minimum absolute atomic E-state index is 0.00964. The molecule has 126 valence electrons. The number of nitrogens with one attached hydrogen (secondary N) is 3. The molecule has 3 N–H and O–H groups in total. The van der Waals surface area contributed by atoms with Crippen LogP contribution in [0.25, 0.3) is 5.69 Å². The van der Waals surface area contributed by atoms with E-state index in [2.05, 4.69) is 15.7 Å². The third kappa shape index (κ3) is 3.80. The largest absolute Gasteiger partial charge is 0.346 e. The van der Waals surface area contributed by atoms with Gasteiger partial charge in [0, 0.05) is 6.07 Å². The molecule has 1 fully saturated rings. The van der Waals surface area contributed by atoms with E-state index >= 15 is 0 Å². The molecule has 1 atom stereocenters. The molecule has 7 nitrogen and oxygen atoms in total. The van der Waals surface area contributed by atoms with Gasteiger partial charge < -0.3 is 15.5 Å². The normalized spacial score (nSPS) is 17.4. The molecule has 0 bridgehead atoms. The molecule has 0 radical (unpaired) electrons. The van der Waals surface area contributed by atoms with Crippen LogP contribution >= 0.6 is 0 Å². The SMILES string of the molecule is Cc1ccc(-n2nc(C)cc2NC(=O)C[NH+]2CCNC(=O)C2)cc1. The van der Waals surface area contributed by atoms with E-state index in [-0.39, 0.29) is 18.4 Å². The Hall–Kier alpha value is -2.67. The number of rotatable bonds is 4. The van der Waals surface area contributed by atoms with Crippen molar-refractivity contribution in [3.05, 3.63) is 41.6 Å². The molecule has 1 aliphatic rings. The number of nitrogens with zero attached hydrogens (tertiary/aromatic N) is 2. The molecular formula is C17H22N5O2+. The fourth-order valence-corrected chi connectivity index (χ4v) is 2.79. The predicted molar refractivity (Wildman–Crippen MR) is 90.2 cm³/mol. The topological polar surface area (TPSA) is 80.5 Å². The van der Waals surface area contributed by atoms with E-state index in [9.17, 15) is 9.59 Å². The van der Waals surface area contributed by atoms with Crippen LogP contribution in [-0.4, -0.2) is 47.8 Å². The number of quaternary nitrogens is 1. The zero-order valence-electron chi connectivity index (χ0n) is 13.9. The van der Waals surface area contributed by atoms with Crippen molar-refractivity contribution in [2.75, 3.05) is 31.5 Å². The molecule has 1 aromatic carbocycles. The minimum Gasteiger partial charge on any atom is -0.346 e. The van der Waals surface area contributed by atoms with E-state index in [1.807, 2.05) is 44.2 Å². The number of aromatic nitrogens is 2. The molecular weight excluding hydrogens is 306 g/mol. The third-order valence-corrected chi connectivity index (χ3v) is 4.00. The smallest absolute Gasteiger partial charge is 0.280 e. The van der Waals surface area contributed by atoms with Crippen molar-refractivity contribution >= 4 is 17.6 Å². The average molecular weight is 328 g/mol. The van der Waals surface area contributed by atoms with E-state index in [4.69, 9.17) is 0 Å². The monoisotopic (exact) mass is 328 g/mol. The Balaban J connectivity index is 1.71. The summed E-state index contributed by atoms with van der Waals surface area (Å²) in [5, 5.41) is 10.1. The van der Waals surface area contributed by atoms with Gasteiger partial charge in [-0.3, -0.25) is 9.59 Å². The summed E-state index contributed by atoms with van der Waals surface area (Å²) in [5.74, 6) is 0.514. The molecule has 24 heavy (non-hydrogen) atoms. The second-order valence-electron chi connectivity index (χ2n) is 6.17. The van der Waals surface area contributed by atoms with Crippen LogP contribution in [0.2, 0.25) is 0 Å². The molecule has 1 unspecified atom stereocenters.